The van der Waals surface area contributed by atoms with Crippen molar-refractivity contribution in [2.75, 3.05) is 19.6 Å². The molecule has 0 amide bonds. The molecule has 1 aromatic heterocycles. The summed E-state index contributed by atoms with van der Waals surface area (Å²) in [5, 5.41) is 12.6. The van der Waals surface area contributed by atoms with E-state index in [1.54, 1.807) is 11.3 Å². The SMILES string of the molecule is OC1CCN(CCCc2nc(CCl)cs2)CC1. The van der Waals surface area contributed by atoms with E-state index in [1.165, 1.54) is 5.01 Å². The quantitative estimate of drug-likeness (QED) is 0.837. The van der Waals surface area contributed by atoms with Gasteiger partial charge in [-0.25, -0.2) is 4.98 Å². The molecule has 2 heterocycles. The molecule has 17 heavy (non-hydrogen) atoms. The molecule has 1 N–H and O–H groups in total. The van der Waals surface area contributed by atoms with E-state index >= 15 is 0 Å². The minimum absolute atomic E-state index is 0.0727. The Morgan fingerprint density at radius 1 is 1.47 bits per heavy atom. The summed E-state index contributed by atoms with van der Waals surface area (Å²) in [6.07, 6.45) is 3.96. The highest BCUT2D eigenvalue weighted by Gasteiger charge is 2.16. The smallest absolute Gasteiger partial charge is 0.0929 e. The monoisotopic (exact) mass is 274 g/mol. The van der Waals surface area contributed by atoms with Gasteiger partial charge in [0, 0.05) is 24.9 Å². The standard InChI is InChI=1S/C12H19ClN2OS/c13-8-10-9-17-12(14-10)2-1-5-15-6-3-11(16)4-7-15/h9,11,16H,1-8H2. The van der Waals surface area contributed by atoms with Crippen molar-refractivity contribution in [2.45, 2.75) is 37.7 Å². The lowest BCUT2D eigenvalue weighted by Gasteiger charge is -2.29. The Labute approximate surface area is 111 Å². The zero-order chi connectivity index (χ0) is 12.1. The molecule has 96 valence electrons. The highest BCUT2D eigenvalue weighted by Crippen LogP contribution is 2.15. The highest BCUT2D eigenvalue weighted by atomic mass is 35.5. The lowest BCUT2D eigenvalue weighted by Crippen LogP contribution is -2.36. The van der Waals surface area contributed by atoms with Gasteiger partial charge in [0.1, 0.15) is 0 Å². The highest BCUT2D eigenvalue weighted by molar-refractivity contribution is 7.09. The number of halogens is 1. The van der Waals surface area contributed by atoms with E-state index in [9.17, 15) is 5.11 Å². The van der Waals surface area contributed by atoms with Crippen LogP contribution in [0.2, 0.25) is 0 Å². The van der Waals surface area contributed by atoms with E-state index < -0.39 is 0 Å². The van der Waals surface area contributed by atoms with Gasteiger partial charge in [0.2, 0.25) is 0 Å². The van der Waals surface area contributed by atoms with E-state index in [0.717, 1.165) is 51.0 Å². The van der Waals surface area contributed by atoms with Crippen LogP contribution in [0.1, 0.15) is 30.0 Å². The molecule has 0 aromatic carbocycles. The first kappa shape index (κ1) is 13.3. The largest absolute Gasteiger partial charge is 0.393 e. The lowest BCUT2D eigenvalue weighted by molar-refractivity contribution is 0.0821. The van der Waals surface area contributed by atoms with E-state index in [0.29, 0.717) is 5.88 Å². The number of alkyl halides is 1. The summed E-state index contributed by atoms with van der Waals surface area (Å²) in [5.74, 6) is 0.514. The third kappa shape index (κ3) is 4.21. The van der Waals surface area contributed by atoms with E-state index in [-0.39, 0.29) is 6.10 Å². The summed E-state index contributed by atoms with van der Waals surface area (Å²) in [6, 6.07) is 0. The molecule has 0 bridgehead atoms. The van der Waals surface area contributed by atoms with Gasteiger partial charge < -0.3 is 10.0 Å². The Balaban J connectivity index is 1.65. The molecule has 1 aromatic rings. The Morgan fingerprint density at radius 3 is 2.88 bits per heavy atom. The summed E-state index contributed by atoms with van der Waals surface area (Å²) < 4.78 is 0. The van der Waals surface area contributed by atoms with Crippen LogP contribution in [-0.4, -0.2) is 40.7 Å². The summed E-state index contributed by atoms with van der Waals surface area (Å²) in [5.41, 5.74) is 0.993. The van der Waals surface area contributed by atoms with Gasteiger partial charge in [-0.05, 0) is 25.8 Å². The number of aromatic nitrogens is 1. The first-order valence-electron chi connectivity index (χ1n) is 6.17. The summed E-state index contributed by atoms with van der Waals surface area (Å²) in [7, 11) is 0. The van der Waals surface area contributed by atoms with Gasteiger partial charge in [0.05, 0.1) is 22.7 Å². The molecule has 1 aliphatic heterocycles. The second-order valence-electron chi connectivity index (χ2n) is 4.54. The lowest BCUT2D eigenvalue weighted by atomic mass is 10.1. The maximum Gasteiger partial charge on any atom is 0.0929 e. The number of rotatable bonds is 5. The number of piperidine rings is 1. The van der Waals surface area contributed by atoms with Crippen LogP contribution in [0.15, 0.2) is 5.38 Å². The average molecular weight is 275 g/mol. The zero-order valence-electron chi connectivity index (χ0n) is 9.94. The van der Waals surface area contributed by atoms with E-state index in [4.69, 9.17) is 11.6 Å². The number of hydrogen-bond donors (Lipinski definition) is 1. The maximum atomic E-state index is 9.41. The molecule has 1 fully saturated rings. The second kappa shape index (κ2) is 6.69. The third-order valence-electron chi connectivity index (χ3n) is 3.16. The van der Waals surface area contributed by atoms with Crippen molar-refractivity contribution >= 4 is 22.9 Å². The van der Waals surface area contributed by atoms with Crippen LogP contribution in [0, 0.1) is 0 Å². The van der Waals surface area contributed by atoms with Crippen LogP contribution in [-0.2, 0) is 12.3 Å². The first-order chi connectivity index (χ1) is 8.28. The van der Waals surface area contributed by atoms with Crippen LogP contribution < -0.4 is 0 Å². The van der Waals surface area contributed by atoms with E-state index in [2.05, 4.69) is 9.88 Å². The topological polar surface area (TPSA) is 36.4 Å². The number of nitrogens with zero attached hydrogens (tertiary/aromatic N) is 2. The number of aryl methyl sites for hydroxylation is 1. The van der Waals surface area contributed by atoms with Gasteiger partial charge >= 0.3 is 0 Å². The molecular formula is C12H19ClN2OS. The first-order valence-corrected chi connectivity index (χ1v) is 7.59. The maximum absolute atomic E-state index is 9.41. The average Bonchev–Trinajstić information content (AvgIpc) is 2.80. The molecule has 1 aliphatic rings. The van der Waals surface area contributed by atoms with Gasteiger partial charge in [-0.2, -0.15) is 0 Å². The second-order valence-corrected chi connectivity index (χ2v) is 5.75. The van der Waals surface area contributed by atoms with Crippen molar-refractivity contribution in [1.82, 2.24) is 9.88 Å². The molecular weight excluding hydrogens is 256 g/mol. The summed E-state index contributed by atoms with van der Waals surface area (Å²) in [4.78, 5) is 6.88. The van der Waals surface area contributed by atoms with Crippen molar-refractivity contribution in [3.05, 3.63) is 16.1 Å². The predicted octanol–water partition coefficient (Wildman–Crippen LogP) is 2.27. The molecule has 2 rings (SSSR count). The summed E-state index contributed by atoms with van der Waals surface area (Å²) >= 11 is 7.43. The van der Waals surface area contributed by atoms with Crippen LogP contribution in [0.4, 0.5) is 0 Å². The number of likely N-dealkylation sites (tertiary alicyclic amines) is 1. The minimum atomic E-state index is -0.0727. The number of hydrogen-bond acceptors (Lipinski definition) is 4. The molecule has 0 atom stereocenters. The Hall–Kier alpha value is -0.160. The molecule has 5 heteroatoms. The molecule has 0 unspecified atom stereocenters. The predicted molar refractivity (Wildman–Crippen MR) is 71.7 cm³/mol. The van der Waals surface area contributed by atoms with Crippen LogP contribution in [0.5, 0.6) is 0 Å². The minimum Gasteiger partial charge on any atom is -0.393 e. The third-order valence-corrected chi connectivity index (χ3v) is 4.39. The number of thiazole rings is 1. The number of aliphatic hydroxyl groups is 1. The molecule has 0 spiro atoms. The Bertz CT molecular complexity index is 337. The fourth-order valence-corrected chi connectivity index (χ4v) is 3.19. The van der Waals surface area contributed by atoms with Crippen LogP contribution in [0.3, 0.4) is 0 Å². The molecule has 3 nitrogen and oxygen atoms in total. The van der Waals surface area contributed by atoms with Crippen molar-refractivity contribution in [1.29, 1.82) is 0 Å². The van der Waals surface area contributed by atoms with Gasteiger partial charge in [0.25, 0.3) is 0 Å². The van der Waals surface area contributed by atoms with Crippen LogP contribution in [0.25, 0.3) is 0 Å². The molecule has 1 saturated heterocycles. The molecule has 0 aliphatic carbocycles. The van der Waals surface area contributed by atoms with E-state index in [1.807, 2.05) is 5.38 Å². The fourth-order valence-electron chi connectivity index (χ4n) is 2.12. The van der Waals surface area contributed by atoms with Gasteiger partial charge in [-0.1, -0.05) is 0 Å². The van der Waals surface area contributed by atoms with Crippen molar-refractivity contribution in [2.24, 2.45) is 0 Å². The summed E-state index contributed by atoms with van der Waals surface area (Å²) in [6.45, 7) is 3.18. The Morgan fingerprint density at radius 2 is 2.24 bits per heavy atom. The number of aliphatic hydroxyl groups excluding tert-OH is 1. The van der Waals surface area contributed by atoms with Crippen molar-refractivity contribution in [3.63, 3.8) is 0 Å². The zero-order valence-corrected chi connectivity index (χ0v) is 11.5. The van der Waals surface area contributed by atoms with Gasteiger partial charge in [0.15, 0.2) is 0 Å². The molecule has 0 saturated carbocycles. The normalized spacial score (nSPS) is 18.7. The van der Waals surface area contributed by atoms with Gasteiger partial charge in [-0.15, -0.1) is 22.9 Å². The Kier molecular flexibility index (Phi) is 5.22. The fraction of sp³-hybridized carbons (Fsp3) is 0.750. The van der Waals surface area contributed by atoms with Gasteiger partial charge in [-0.3, -0.25) is 0 Å². The molecule has 0 radical (unpaired) electrons. The van der Waals surface area contributed by atoms with Crippen molar-refractivity contribution in [3.8, 4) is 0 Å². The van der Waals surface area contributed by atoms with Crippen LogP contribution >= 0.6 is 22.9 Å². The van der Waals surface area contributed by atoms with Crippen molar-refractivity contribution < 1.29 is 5.11 Å².